The van der Waals surface area contributed by atoms with Gasteiger partial charge in [0.15, 0.2) is 0 Å². The van der Waals surface area contributed by atoms with E-state index in [1.165, 1.54) is 44.1 Å². The fraction of sp³-hybridized carbons (Fsp3) is 0.812. The van der Waals surface area contributed by atoms with Crippen molar-refractivity contribution in [3.05, 3.63) is 12.2 Å². The topological polar surface area (TPSA) is 12.4 Å². The van der Waals surface area contributed by atoms with Gasteiger partial charge >= 0.3 is 0 Å². The summed E-state index contributed by atoms with van der Waals surface area (Å²) in [5.74, 6) is 1.32. The SMILES string of the molecule is C=C(C)[C@H]1CC[C@@]2(C)CCC[C@@](C)(N=C=S)[C@@H]2C1. The number of allylic oxidation sites excluding steroid dienone is 1. The molecule has 1 nitrogen and oxygen atoms in total. The number of hydrogen-bond donors (Lipinski definition) is 0. The highest BCUT2D eigenvalue weighted by molar-refractivity contribution is 7.78. The normalized spacial score (nSPS) is 43.7. The Labute approximate surface area is 117 Å². The first-order valence-corrected chi connectivity index (χ1v) is 7.56. The Morgan fingerprint density at radius 1 is 1.33 bits per heavy atom. The fourth-order valence-corrected chi connectivity index (χ4v) is 4.59. The maximum Gasteiger partial charge on any atom is 0.0716 e. The van der Waals surface area contributed by atoms with Crippen LogP contribution in [0.25, 0.3) is 0 Å². The Bertz CT molecular complexity index is 396. The molecule has 100 valence electrons. The molecular formula is C16H25NS. The van der Waals surface area contributed by atoms with Crippen molar-refractivity contribution in [2.45, 2.75) is 64.8 Å². The summed E-state index contributed by atoms with van der Waals surface area (Å²) < 4.78 is 0. The molecule has 2 aliphatic carbocycles. The molecule has 0 saturated heterocycles. The van der Waals surface area contributed by atoms with Gasteiger partial charge in [-0.3, -0.25) is 0 Å². The predicted octanol–water partition coefficient (Wildman–Crippen LogP) is 5.03. The molecule has 2 rings (SSSR count). The van der Waals surface area contributed by atoms with Crippen LogP contribution in [0.3, 0.4) is 0 Å². The lowest BCUT2D eigenvalue weighted by Gasteiger charge is -2.54. The number of isothiocyanates is 1. The first-order valence-electron chi connectivity index (χ1n) is 7.16. The Morgan fingerprint density at radius 3 is 2.67 bits per heavy atom. The van der Waals surface area contributed by atoms with Crippen LogP contribution in [0.1, 0.15) is 59.3 Å². The summed E-state index contributed by atoms with van der Waals surface area (Å²) in [6.45, 7) is 11.1. The molecule has 2 aliphatic rings. The molecule has 0 bridgehead atoms. The van der Waals surface area contributed by atoms with Gasteiger partial charge in [-0.2, -0.15) is 0 Å². The monoisotopic (exact) mass is 263 g/mol. The molecule has 2 fully saturated rings. The van der Waals surface area contributed by atoms with E-state index in [4.69, 9.17) is 12.2 Å². The molecule has 18 heavy (non-hydrogen) atoms. The van der Waals surface area contributed by atoms with E-state index in [1.54, 1.807) is 0 Å². The van der Waals surface area contributed by atoms with Crippen molar-refractivity contribution in [1.82, 2.24) is 0 Å². The van der Waals surface area contributed by atoms with Crippen LogP contribution < -0.4 is 0 Å². The van der Waals surface area contributed by atoms with Crippen LogP contribution in [-0.2, 0) is 0 Å². The lowest BCUT2D eigenvalue weighted by Crippen LogP contribution is -2.50. The minimum absolute atomic E-state index is 0.0167. The summed E-state index contributed by atoms with van der Waals surface area (Å²) >= 11 is 4.88. The fourth-order valence-electron chi connectivity index (χ4n) is 4.38. The third kappa shape index (κ3) is 2.33. The summed E-state index contributed by atoms with van der Waals surface area (Å²) in [5.41, 5.74) is 1.81. The number of rotatable bonds is 2. The van der Waals surface area contributed by atoms with Crippen molar-refractivity contribution in [2.75, 3.05) is 0 Å². The van der Waals surface area contributed by atoms with Crippen LogP contribution >= 0.6 is 12.2 Å². The zero-order chi connectivity index (χ0) is 13.4. The second kappa shape index (κ2) is 4.90. The van der Waals surface area contributed by atoms with Crippen LogP contribution in [0, 0.1) is 17.3 Å². The van der Waals surface area contributed by atoms with E-state index in [2.05, 4.69) is 37.5 Å². The van der Waals surface area contributed by atoms with Crippen molar-refractivity contribution >= 4 is 17.4 Å². The van der Waals surface area contributed by atoms with Crippen molar-refractivity contribution < 1.29 is 0 Å². The predicted molar refractivity (Wildman–Crippen MR) is 81.0 cm³/mol. The molecule has 0 amide bonds. The van der Waals surface area contributed by atoms with Gasteiger partial charge in [0, 0.05) is 0 Å². The summed E-state index contributed by atoms with van der Waals surface area (Å²) in [7, 11) is 0. The Kier molecular flexibility index (Phi) is 3.80. The minimum Gasteiger partial charge on any atom is -0.226 e. The zero-order valence-corrected chi connectivity index (χ0v) is 12.8. The number of hydrogen-bond acceptors (Lipinski definition) is 2. The van der Waals surface area contributed by atoms with E-state index in [-0.39, 0.29) is 5.54 Å². The molecule has 0 heterocycles. The molecule has 4 atom stereocenters. The van der Waals surface area contributed by atoms with Gasteiger partial charge in [0.1, 0.15) is 0 Å². The van der Waals surface area contributed by atoms with Crippen LogP contribution in [-0.4, -0.2) is 10.7 Å². The van der Waals surface area contributed by atoms with Gasteiger partial charge in [-0.05, 0) is 75.4 Å². The number of fused-ring (bicyclic) bond motifs is 1. The molecule has 0 radical (unpaired) electrons. The minimum atomic E-state index is 0.0167. The molecular weight excluding hydrogens is 238 g/mol. The van der Waals surface area contributed by atoms with Crippen LogP contribution in [0.4, 0.5) is 0 Å². The standard InChI is InChI=1S/C16H25NS/c1-12(2)13-6-9-15(3)7-5-8-16(4,17-11-18)14(15)10-13/h13-14H,1,5-10H2,2-4H3/t13-,14+,15+,16+/m0/s1. The highest BCUT2D eigenvalue weighted by Crippen LogP contribution is 2.57. The van der Waals surface area contributed by atoms with E-state index >= 15 is 0 Å². The van der Waals surface area contributed by atoms with Crippen molar-refractivity contribution in [2.24, 2.45) is 22.2 Å². The largest absolute Gasteiger partial charge is 0.226 e. The second-order valence-electron chi connectivity index (χ2n) is 6.94. The van der Waals surface area contributed by atoms with Crippen molar-refractivity contribution in [1.29, 1.82) is 0 Å². The smallest absolute Gasteiger partial charge is 0.0716 e. The summed E-state index contributed by atoms with van der Waals surface area (Å²) in [5, 5.41) is 2.66. The van der Waals surface area contributed by atoms with Crippen LogP contribution in [0.15, 0.2) is 17.1 Å². The van der Waals surface area contributed by atoms with E-state index in [1.807, 2.05) is 0 Å². The van der Waals surface area contributed by atoms with Crippen LogP contribution in [0.2, 0.25) is 0 Å². The summed E-state index contributed by atoms with van der Waals surface area (Å²) in [4.78, 5) is 4.57. The van der Waals surface area contributed by atoms with E-state index in [0.717, 1.165) is 0 Å². The summed E-state index contributed by atoms with van der Waals surface area (Å²) in [6, 6.07) is 0. The van der Waals surface area contributed by atoms with Crippen molar-refractivity contribution in [3.8, 4) is 0 Å². The Morgan fingerprint density at radius 2 is 2.06 bits per heavy atom. The molecule has 0 unspecified atom stereocenters. The van der Waals surface area contributed by atoms with Gasteiger partial charge in [0.05, 0.1) is 10.7 Å². The van der Waals surface area contributed by atoms with Gasteiger partial charge in [0.2, 0.25) is 0 Å². The second-order valence-corrected chi connectivity index (χ2v) is 7.12. The quantitative estimate of drug-likeness (QED) is 0.386. The number of aliphatic imine (C=N–C) groups is 1. The molecule has 0 aliphatic heterocycles. The highest BCUT2D eigenvalue weighted by atomic mass is 32.1. The molecule has 0 aromatic rings. The van der Waals surface area contributed by atoms with Gasteiger partial charge in [-0.15, -0.1) is 0 Å². The summed E-state index contributed by atoms with van der Waals surface area (Å²) in [6.07, 6.45) is 7.66. The third-order valence-electron chi connectivity index (χ3n) is 5.60. The van der Waals surface area contributed by atoms with Gasteiger partial charge < -0.3 is 0 Å². The lowest BCUT2D eigenvalue weighted by molar-refractivity contribution is -0.00705. The van der Waals surface area contributed by atoms with Gasteiger partial charge in [0.25, 0.3) is 0 Å². The maximum absolute atomic E-state index is 4.88. The van der Waals surface area contributed by atoms with Gasteiger partial charge in [-0.1, -0.05) is 25.5 Å². The van der Waals surface area contributed by atoms with Crippen LogP contribution in [0.5, 0.6) is 0 Å². The molecule has 0 aromatic heterocycles. The van der Waals surface area contributed by atoms with Gasteiger partial charge in [-0.25, -0.2) is 4.99 Å². The van der Waals surface area contributed by atoms with E-state index in [9.17, 15) is 0 Å². The van der Waals surface area contributed by atoms with E-state index < -0.39 is 0 Å². The van der Waals surface area contributed by atoms with E-state index in [0.29, 0.717) is 17.3 Å². The average Bonchev–Trinajstić information content (AvgIpc) is 2.28. The third-order valence-corrected chi connectivity index (χ3v) is 5.70. The Hall–Kier alpha value is -0.460. The highest BCUT2D eigenvalue weighted by Gasteiger charge is 2.51. The van der Waals surface area contributed by atoms with Crippen molar-refractivity contribution in [3.63, 3.8) is 0 Å². The molecule has 0 N–H and O–H groups in total. The zero-order valence-electron chi connectivity index (χ0n) is 12.0. The lowest BCUT2D eigenvalue weighted by atomic mass is 9.52. The molecule has 0 spiro atoms. The molecule has 2 heteroatoms. The number of thiocarbonyl (C=S) groups is 1. The average molecular weight is 263 g/mol. The first kappa shape index (κ1) is 14.0. The maximum atomic E-state index is 4.88. The number of nitrogens with zero attached hydrogens (tertiary/aromatic N) is 1. The Balaban J connectivity index is 2.31. The molecule has 0 aromatic carbocycles. The first-order chi connectivity index (χ1) is 8.41. The molecule has 2 saturated carbocycles.